The minimum absolute atomic E-state index is 0.0559. The first-order chi connectivity index (χ1) is 22.0. The zero-order valence-corrected chi connectivity index (χ0v) is 27.6. The molecule has 47 heavy (non-hydrogen) atoms. The van der Waals surface area contributed by atoms with Crippen LogP contribution in [-0.4, -0.2) is 60.5 Å². The minimum atomic E-state index is -3.78. The van der Waals surface area contributed by atoms with Crippen molar-refractivity contribution in [2.24, 2.45) is 0 Å². The van der Waals surface area contributed by atoms with Crippen LogP contribution in [0.15, 0.2) is 83.5 Å². The second kappa shape index (κ2) is 13.7. The number of alkyl carbamates (subject to hydrolysis) is 1. The molecular weight excluding hydrogens is 631 g/mol. The van der Waals surface area contributed by atoms with Crippen LogP contribution in [0.4, 0.5) is 14.9 Å². The molecule has 0 spiro atoms. The number of amides is 1. The van der Waals surface area contributed by atoms with Gasteiger partial charge in [-0.3, -0.25) is 10.1 Å². The summed E-state index contributed by atoms with van der Waals surface area (Å²) in [5.74, 6) is -1.15. The largest absolute Gasteiger partial charge is 0.444 e. The third-order valence-electron chi connectivity index (χ3n) is 7.00. The van der Waals surface area contributed by atoms with Crippen molar-refractivity contribution in [3.8, 4) is 16.9 Å². The maximum Gasteiger partial charge on any atom is 0.407 e. The Morgan fingerprint density at radius 1 is 1.06 bits per heavy atom. The van der Waals surface area contributed by atoms with E-state index in [1.54, 1.807) is 56.5 Å². The molecule has 0 saturated carbocycles. The summed E-state index contributed by atoms with van der Waals surface area (Å²) in [6.45, 7) is 6.59. The summed E-state index contributed by atoms with van der Waals surface area (Å²) in [5, 5.41) is 14.0. The van der Waals surface area contributed by atoms with Gasteiger partial charge < -0.3 is 19.4 Å². The monoisotopic (exact) mass is 666 g/mol. The van der Waals surface area contributed by atoms with Gasteiger partial charge in [-0.25, -0.2) is 26.7 Å². The SMILES string of the molecule is Cc1c(-c2cccc(S(=O)(=O)N(C)C)c2)c2cc(OC(=O)c3ccc([N+](=O)[O-])cc3)ccc2n1C/C(F)=C/CNC(=O)OC(C)(C)C. The van der Waals surface area contributed by atoms with Gasteiger partial charge >= 0.3 is 12.1 Å². The third kappa shape index (κ3) is 8.20. The molecule has 1 aromatic heterocycles. The van der Waals surface area contributed by atoms with Crippen LogP contribution in [-0.2, 0) is 21.3 Å². The number of nitrogens with one attached hydrogen (secondary N) is 1. The van der Waals surface area contributed by atoms with Crippen LogP contribution in [0.2, 0.25) is 0 Å². The molecule has 248 valence electrons. The van der Waals surface area contributed by atoms with Crippen molar-refractivity contribution in [3.05, 3.63) is 100 Å². The predicted octanol–water partition coefficient (Wildman–Crippen LogP) is 6.37. The summed E-state index contributed by atoms with van der Waals surface area (Å²) in [6, 6.07) is 16.1. The first-order valence-electron chi connectivity index (χ1n) is 14.4. The first-order valence-corrected chi connectivity index (χ1v) is 15.9. The van der Waals surface area contributed by atoms with Gasteiger partial charge in [-0.2, -0.15) is 0 Å². The number of carbonyl (C=O) groups excluding carboxylic acids is 2. The van der Waals surface area contributed by atoms with Crippen molar-refractivity contribution < 1.29 is 36.8 Å². The molecule has 4 rings (SSSR count). The summed E-state index contributed by atoms with van der Waals surface area (Å²) in [4.78, 5) is 35.3. The highest BCUT2D eigenvalue weighted by Crippen LogP contribution is 2.38. The lowest BCUT2D eigenvalue weighted by Gasteiger charge is -2.19. The molecule has 4 aromatic rings. The number of ether oxygens (including phenoxy) is 2. The second-order valence-electron chi connectivity index (χ2n) is 11.8. The summed E-state index contributed by atoms with van der Waals surface area (Å²) in [5.41, 5.74) is 1.50. The van der Waals surface area contributed by atoms with Gasteiger partial charge in [0.1, 0.15) is 17.2 Å². The van der Waals surface area contributed by atoms with Crippen molar-refractivity contribution in [2.45, 2.75) is 44.7 Å². The first kappa shape index (κ1) is 34.8. The molecule has 1 amide bonds. The third-order valence-corrected chi connectivity index (χ3v) is 8.81. The van der Waals surface area contributed by atoms with Crippen LogP contribution >= 0.6 is 0 Å². The van der Waals surface area contributed by atoms with Crippen molar-refractivity contribution in [3.63, 3.8) is 0 Å². The molecule has 3 aromatic carbocycles. The van der Waals surface area contributed by atoms with Crippen LogP contribution in [0, 0.1) is 17.0 Å². The average molecular weight is 667 g/mol. The zero-order chi connectivity index (χ0) is 34.7. The van der Waals surface area contributed by atoms with E-state index >= 15 is 4.39 Å². The van der Waals surface area contributed by atoms with Gasteiger partial charge in [-0.1, -0.05) is 12.1 Å². The molecule has 0 aliphatic carbocycles. The number of esters is 1. The fourth-order valence-electron chi connectivity index (χ4n) is 4.78. The summed E-state index contributed by atoms with van der Waals surface area (Å²) >= 11 is 0. The molecule has 14 heteroatoms. The lowest BCUT2D eigenvalue weighted by molar-refractivity contribution is -0.384. The van der Waals surface area contributed by atoms with E-state index in [1.807, 2.05) is 0 Å². The molecule has 0 aliphatic rings. The topological polar surface area (TPSA) is 150 Å². The summed E-state index contributed by atoms with van der Waals surface area (Å²) in [6.07, 6.45) is 0.536. The van der Waals surface area contributed by atoms with E-state index in [4.69, 9.17) is 9.47 Å². The van der Waals surface area contributed by atoms with Crippen LogP contribution in [0.25, 0.3) is 22.0 Å². The van der Waals surface area contributed by atoms with Gasteiger partial charge in [0.25, 0.3) is 5.69 Å². The highest BCUT2D eigenvalue weighted by Gasteiger charge is 2.22. The van der Waals surface area contributed by atoms with Crippen LogP contribution in [0.1, 0.15) is 36.8 Å². The number of nitro groups is 1. The number of nitrogens with zero attached hydrogens (tertiary/aromatic N) is 3. The number of sulfonamides is 1. The van der Waals surface area contributed by atoms with E-state index in [9.17, 15) is 28.1 Å². The van der Waals surface area contributed by atoms with Crippen molar-refractivity contribution in [2.75, 3.05) is 20.6 Å². The Morgan fingerprint density at radius 2 is 1.74 bits per heavy atom. The standard InChI is InChI=1S/C33H35FN4O8S/c1-21-30(23-8-7-9-27(18-23)47(43,44)36(5)6)28-19-26(45-31(39)22-10-12-25(13-11-22)38(41)42)14-15-29(28)37(21)20-24(34)16-17-35-32(40)46-33(2,3)4/h7-16,18-19H,17,20H2,1-6H3,(H,35,40)/b24-16-. The molecule has 0 bridgehead atoms. The molecule has 0 atom stereocenters. The Bertz CT molecular complexity index is 1980. The van der Waals surface area contributed by atoms with E-state index in [0.717, 1.165) is 4.31 Å². The maximum atomic E-state index is 15.3. The number of hydrogen-bond acceptors (Lipinski definition) is 8. The highest BCUT2D eigenvalue weighted by atomic mass is 32.2. The number of fused-ring (bicyclic) bond motifs is 1. The Hall–Kier alpha value is -5.08. The Morgan fingerprint density at radius 3 is 2.36 bits per heavy atom. The second-order valence-corrected chi connectivity index (χ2v) is 13.9. The van der Waals surface area contributed by atoms with Crippen molar-refractivity contribution >= 4 is 38.7 Å². The number of allylic oxidation sites excluding steroid dienone is 1. The van der Waals surface area contributed by atoms with Gasteiger partial charge in [0.05, 0.1) is 21.9 Å². The number of halogens is 1. The van der Waals surface area contributed by atoms with E-state index in [1.165, 1.54) is 62.6 Å². The van der Waals surface area contributed by atoms with E-state index < -0.39 is 38.4 Å². The molecule has 0 saturated heterocycles. The molecule has 1 N–H and O–H groups in total. The van der Waals surface area contributed by atoms with Crippen LogP contribution in [0.3, 0.4) is 0 Å². The summed E-state index contributed by atoms with van der Waals surface area (Å²) < 4.78 is 54.7. The zero-order valence-electron chi connectivity index (χ0n) is 26.7. The predicted molar refractivity (Wildman–Crippen MR) is 174 cm³/mol. The van der Waals surface area contributed by atoms with Crippen LogP contribution < -0.4 is 10.1 Å². The average Bonchev–Trinajstić information content (AvgIpc) is 3.26. The molecule has 0 radical (unpaired) electrons. The quantitative estimate of drug-likeness (QED) is 0.0888. The molecule has 1 heterocycles. The minimum Gasteiger partial charge on any atom is -0.444 e. The van der Waals surface area contributed by atoms with Gasteiger partial charge in [0.2, 0.25) is 10.0 Å². The van der Waals surface area contributed by atoms with E-state index in [0.29, 0.717) is 27.7 Å². The number of non-ortho nitro benzene ring substituents is 1. The highest BCUT2D eigenvalue weighted by molar-refractivity contribution is 7.89. The van der Waals surface area contributed by atoms with Gasteiger partial charge in [0.15, 0.2) is 0 Å². The van der Waals surface area contributed by atoms with Crippen molar-refractivity contribution in [1.29, 1.82) is 0 Å². The van der Waals surface area contributed by atoms with Gasteiger partial charge in [-0.05, 0) is 81.8 Å². The molecular formula is C33H35FN4O8S. The summed E-state index contributed by atoms with van der Waals surface area (Å²) in [7, 11) is -0.921. The number of aromatic nitrogens is 1. The van der Waals surface area contributed by atoms with E-state index in [-0.39, 0.29) is 35.0 Å². The van der Waals surface area contributed by atoms with Crippen molar-refractivity contribution in [1.82, 2.24) is 14.2 Å². The number of benzene rings is 3. The van der Waals surface area contributed by atoms with Gasteiger partial charge in [-0.15, -0.1) is 0 Å². The smallest absolute Gasteiger partial charge is 0.407 e. The Labute approximate surface area is 271 Å². The van der Waals surface area contributed by atoms with E-state index in [2.05, 4.69) is 5.32 Å². The Balaban J connectivity index is 1.74. The normalized spacial score (nSPS) is 12.3. The maximum absolute atomic E-state index is 15.3. The number of hydrogen-bond donors (Lipinski definition) is 1. The van der Waals surface area contributed by atoms with Gasteiger partial charge in [0, 0.05) is 54.9 Å². The molecule has 12 nitrogen and oxygen atoms in total. The fourth-order valence-corrected chi connectivity index (χ4v) is 5.72. The molecule has 0 fully saturated rings. The Kier molecular flexibility index (Phi) is 10.2. The van der Waals surface area contributed by atoms with Crippen LogP contribution in [0.5, 0.6) is 5.75 Å². The molecule has 0 unspecified atom stereocenters. The number of rotatable bonds is 10. The molecule has 0 aliphatic heterocycles. The lowest BCUT2D eigenvalue weighted by Crippen LogP contribution is -2.32. The fraction of sp³-hybridized carbons (Fsp3) is 0.273. The lowest BCUT2D eigenvalue weighted by atomic mass is 10.0. The number of carbonyl (C=O) groups is 2. The number of nitro benzene ring substituents is 1.